The standard InChI is InChI=1S/C9H19N3O2S/c1-8(2)4-5-11-15(13,14)9-6-10-7-12(9)3/h6-8,11,13-14H,4-5H2,1-3H3. The summed E-state index contributed by atoms with van der Waals surface area (Å²) >= 11 is 0. The van der Waals surface area contributed by atoms with Crippen LogP contribution in [0.1, 0.15) is 20.3 Å². The van der Waals surface area contributed by atoms with Gasteiger partial charge in [0.15, 0.2) is 5.03 Å². The van der Waals surface area contributed by atoms with Crippen LogP contribution < -0.4 is 4.72 Å². The van der Waals surface area contributed by atoms with Gasteiger partial charge < -0.3 is 4.57 Å². The van der Waals surface area contributed by atoms with Crippen molar-refractivity contribution in [1.29, 1.82) is 0 Å². The number of rotatable bonds is 5. The molecule has 1 aromatic rings. The van der Waals surface area contributed by atoms with Crippen molar-refractivity contribution in [3.63, 3.8) is 0 Å². The number of hydrogen-bond donors (Lipinski definition) is 3. The van der Waals surface area contributed by atoms with E-state index < -0.39 is 10.8 Å². The highest BCUT2D eigenvalue weighted by Crippen LogP contribution is 2.42. The first-order valence-corrected chi connectivity index (χ1v) is 6.47. The minimum atomic E-state index is -2.89. The lowest BCUT2D eigenvalue weighted by Crippen LogP contribution is -2.23. The maximum Gasteiger partial charge on any atom is 0.163 e. The van der Waals surface area contributed by atoms with Crippen LogP contribution >= 0.6 is 10.8 Å². The van der Waals surface area contributed by atoms with Crippen LogP contribution in [0.15, 0.2) is 17.6 Å². The summed E-state index contributed by atoms with van der Waals surface area (Å²) in [5, 5.41) is 0.422. The van der Waals surface area contributed by atoms with Gasteiger partial charge in [0.25, 0.3) is 0 Å². The molecule has 1 rings (SSSR count). The number of imidazole rings is 1. The number of hydrogen-bond acceptors (Lipinski definition) is 4. The van der Waals surface area contributed by atoms with Crippen LogP contribution in [0.4, 0.5) is 0 Å². The maximum atomic E-state index is 9.84. The molecule has 0 amide bonds. The summed E-state index contributed by atoms with van der Waals surface area (Å²) in [7, 11) is -1.16. The fraction of sp³-hybridized carbons (Fsp3) is 0.667. The van der Waals surface area contributed by atoms with Crippen molar-refractivity contribution in [2.75, 3.05) is 6.54 Å². The average Bonchev–Trinajstić information content (AvgIpc) is 2.50. The van der Waals surface area contributed by atoms with Crippen molar-refractivity contribution in [1.82, 2.24) is 14.3 Å². The Morgan fingerprint density at radius 3 is 2.67 bits per heavy atom. The lowest BCUT2D eigenvalue weighted by atomic mass is 10.1. The summed E-state index contributed by atoms with van der Waals surface area (Å²) in [5.74, 6) is 0.541. The summed E-state index contributed by atoms with van der Waals surface area (Å²) in [6.07, 6.45) is 3.93. The minimum absolute atomic E-state index is 0.422. The van der Waals surface area contributed by atoms with Crippen molar-refractivity contribution in [3.8, 4) is 0 Å². The van der Waals surface area contributed by atoms with E-state index in [2.05, 4.69) is 23.6 Å². The largest absolute Gasteiger partial charge is 0.320 e. The van der Waals surface area contributed by atoms with Crippen LogP contribution in [0.5, 0.6) is 0 Å². The van der Waals surface area contributed by atoms with E-state index in [9.17, 15) is 9.11 Å². The molecular formula is C9H19N3O2S. The van der Waals surface area contributed by atoms with E-state index in [1.807, 2.05) is 0 Å². The molecule has 0 fully saturated rings. The highest BCUT2D eigenvalue weighted by molar-refractivity contribution is 8.22. The van der Waals surface area contributed by atoms with Crippen molar-refractivity contribution < 1.29 is 9.11 Å². The molecule has 88 valence electrons. The molecule has 0 spiro atoms. The zero-order chi connectivity index (χ0) is 11.5. The van der Waals surface area contributed by atoms with Gasteiger partial charge in [-0.1, -0.05) is 24.6 Å². The third kappa shape index (κ3) is 3.49. The second-order valence-corrected chi connectivity index (χ2v) is 5.77. The lowest BCUT2D eigenvalue weighted by molar-refractivity contribution is 0.453. The molecule has 0 saturated heterocycles. The third-order valence-electron chi connectivity index (χ3n) is 2.09. The van der Waals surface area contributed by atoms with Gasteiger partial charge in [0.05, 0.1) is 12.5 Å². The lowest BCUT2D eigenvalue weighted by Gasteiger charge is -2.32. The molecule has 0 unspecified atom stereocenters. The number of aryl methyl sites for hydroxylation is 1. The van der Waals surface area contributed by atoms with Crippen LogP contribution in [0.2, 0.25) is 0 Å². The first-order valence-electron chi connectivity index (χ1n) is 4.92. The average molecular weight is 233 g/mol. The molecule has 0 aliphatic heterocycles. The second-order valence-electron chi connectivity index (χ2n) is 3.97. The van der Waals surface area contributed by atoms with E-state index in [0.29, 0.717) is 17.5 Å². The summed E-state index contributed by atoms with van der Waals surface area (Å²) in [4.78, 5) is 3.85. The number of nitrogens with one attached hydrogen (secondary N) is 1. The fourth-order valence-electron chi connectivity index (χ4n) is 1.18. The van der Waals surface area contributed by atoms with Crippen molar-refractivity contribution in [3.05, 3.63) is 12.5 Å². The van der Waals surface area contributed by atoms with Crippen molar-refractivity contribution in [2.24, 2.45) is 13.0 Å². The van der Waals surface area contributed by atoms with E-state index in [0.717, 1.165) is 6.42 Å². The topological polar surface area (TPSA) is 70.3 Å². The normalized spacial score (nSPS) is 13.5. The Balaban J connectivity index is 2.56. The van der Waals surface area contributed by atoms with Crippen LogP contribution in [-0.4, -0.2) is 25.2 Å². The van der Waals surface area contributed by atoms with E-state index in [1.165, 1.54) is 6.20 Å². The van der Waals surface area contributed by atoms with E-state index in [-0.39, 0.29) is 0 Å². The molecule has 0 bridgehead atoms. The van der Waals surface area contributed by atoms with Gasteiger partial charge in [-0.25, -0.2) is 9.71 Å². The molecule has 0 aliphatic rings. The number of nitrogens with zero attached hydrogens (tertiary/aromatic N) is 2. The van der Waals surface area contributed by atoms with Crippen LogP contribution in [0.25, 0.3) is 0 Å². The van der Waals surface area contributed by atoms with Gasteiger partial charge in [-0.15, -0.1) is 0 Å². The van der Waals surface area contributed by atoms with Gasteiger partial charge in [-0.05, 0) is 12.3 Å². The molecule has 6 heteroatoms. The quantitative estimate of drug-likeness (QED) is 0.728. The zero-order valence-electron chi connectivity index (χ0n) is 9.34. The predicted molar refractivity (Wildman–Crippen MR) is 61.8 cm³/mol. The Bertz CT molecular complexity index is 312. The Kier molecular flexibility index (Phi) is 4.15. The Morgan fingerprint density at radius 2 is 2.20 bits per heavy atom. The maximum absolute atomic E-state index is 9.84. The van der Waals surface area contributed by atoms with Gasteiger partial charge in [-0.2, -0.15) is 0 Å². The molecule has 3 N–H and O–H groups in total. The van der Waals surface area contributed by atoms with Gasteiger partial charge >= 0.3 is 0 Å². The van der Waals surface area contributed by atoms with Crippen LogP contribution in [0.3, 0.4) is 0 Å². The summed E-state index contributed by atoms with van der Waals surface area (Å²) in [6.45, 7) is 4.78. The molecule has 5 nitrogen and oxygen atoms in total. The highest BCUT2D eigenvalue weighted by atomic mass is 32.3. The predicted octanol–water partition coefficient (Wildman–Crippen LogP) is 2.08. The van der Waals surface area contributed by atoms with E-state index >= 15 is 0 Å². The molecule has 0 aromatic carbocycles. The monoisotopic (exact) mass is 233 g/mol. The molecule has 0 atom stereocenters. The summed E-state index contributed by atoms with van der Waals surface area (Å²) in [5.41, 5.74) is 0. The zero-order valence-corrected chi connectivity index (χ0v) is 10.2. The van der Waals surface area contributed by atoms with Gasteiger partial charge in [0, 0.05) is 13.6 Å². The fourth-order valence-corrected chi connectivity index (χ4v) is 2.39. The van der Waals surface area contributed by atoms with Crippen LogP contribution in [-0.2, 0) is 7.05 Å². The second kappa shape index (κ2) is 4.98. The Morgan fingerprint density at radius 1 is 1.53 bits per heavy atom. The van der Waals surface area contributed by atoms with E-state index in [4.69, 9.17) is 0 Å². The first kappa shape index (κ1) is 12.5. The Hall–Kier alpha value is -0.560. The van der Waals surface area contributed by atoms with Gasteiger partial charge in [0.1, 0.15) is 0 Å². The highest BCUT2D eigenvalue weighted by Gasteiger charge is 2.18. The van der Waals surface area contributed by atoms with Gasteiger partial charge in [0.2, 0.25) is 0 Å². The minimum Gasteiger partial charge on any atom is -0.320 e. The van der Waals surface area contributed by atoms with Gasteiger partial charge in [-0.3, -0.25) is 9.11 Å². The summed E-state index contributed by atoms with van der Waals surface area (Å²) < 4.78 is 24.0. The van der Waals surface area contributed by atoms with Crippen molar-refractivity contribution >= 4 is 10.8 Å². The first-order chi connectivity index (χ1) is 6.93. The van der Waals surface area contributed by atoms with Crippen LogP contribution in [0, 0.1) is 5.92 Å². The van der Waals surface area contributed by atoms with Crippen molar-refractivity contribution in [2.45, 2.75) is 25.3 Å². The van der Waals surface area contributed by atoms with E-state index in [1.54, 1.807) is 17.9 Å². The third-order valence-corrected chi connectivity index (χ3v) is 3.67. The SMILES string of the molecule is CC(C)CCNS(O)(O)c1cncn1C. The smallest absolute Gasteiger partial charge is 0.163 e. The molecule has 15 heavy (non-hydrogen) atoms. The Labute approximate surface area is 92.0 Å². The molecule has 0 aliphatic carbocycles. The summed E-state index contributed by atoms with van der Waals surface area (Å²) in [6, 6.07) is 0. The molecule has 0 radical (unpaired) electrons. The number of aromatic nitrogens is 2. The molecule has 1 aromatic heterocycles. The molecule has 1 heterocycles. The molecule has 0 saturated carbocycles. The molecular weight excluding hydrogens is 214 g/mol.